The van der Waals surface area contributed by atoms with Crippen LogP contribution in [0.4, 0.5) is 23.2 Å². The quantitative estimate of drug-likeness (QED) is 0.126. The van der Waals surface area contributed by atoms with Crippen LogP contribution in [-0.4, -0.2) is 37.6 Å². The number of carboxylic acids is 1. The molecule has 1 aromatic rings. The Hall–Kier alpha value is -2.58. The molecule has 126 valence electrons. The first-order valence-corrected chi connectivity index (χ1v) is 6.28. The van der Waals surface area contributed by atoms with Gasteiger partial charge < -0.3 is 14.7 Å². The number of hydrogen-bond acceptors (Lipinski definition) is 4. The Morgan fingerprint density at radius 2 is 1.61 bits per heavy atom. The van der Waals surface area contributed by atoms with E-state index in [9.17, 15) is 27.2 Å². The van der Waals surface area contributed by atoms with Crippen molar-refractivity contribution in [3.05, 3.63) is 40.7 Å². The monoisotopic (exact) mass is 335 g/mol. The van der Waals surface area contributed by atoms with Gasteiger partial charge >= 0.3 is 5.97 Å². The van der Waals surface area contributed by atoms with Crippen LogP contribution in [0.5, 0.6) is 0 Å². The minimum absolute atomic E-state index is 0.000774. The van der Waals surface area contributed by atoms with E-state index in [1.807, 2.05) is 0 Å². The van der Waals surface area contributed by atoms with E-state index in [4.69, 9.17) is 5.11 Å². The molecule has 0 fully saturated rings. The molecule has 9 heteroatoms. The van der Waals surface area contributed by atoms with Gasteiger partial charge in [-0.05, 0) is 6.92 Å². The maximum Gasteiger partial charge on any atom is 0.342 e. The van der Waals surface area contributed by atoms with Gasteiger partial charge in [-0.1, -0.05) is 0 Å². The van der Waals surface area contributed by atoms with Crippen LogP contribution in [0.3, 0.4) is 0 Å². The lowest BCUT2D eigenvalue weighted by atomic mass is 10.00. The molecule has 0 saturated carbocycles. The summed E-state index contributed by atoms with van der Waals surface area (Å²) in [5.74, 6) is -11.5. The van der Waals surface area contributed by atoms with E-state index in [0.29, 0.717) is 6.26 Å². The number of aliphatic carboxylic acids is 1. The molecule has 0 atom stereocenters. The molecule has 1 aromatic carbocycles. The lowest BCUT2D eigenvalue weighted by Gasteiger charge is -2.19. The SMILES string of the molecule is CCO/C=C(\C(=O)O)C(=O)c1c(F)c(F)c(F)c(F)c1N(C)C. The molecule has 0 heterocycles. The first-order chi connectivity index (χ1) is 10.6. The first-order valence-electron chi connectivity index (χ1n) is 6.28. The number of ether oxygens (including phenoxy) is 1. The first kappa shape index (κ1) is 18.5. The van der Waals surface area contributed by atoms with Gasteiger partial charge in [0.25, 0.3) is 0 Å². The third kappa shape index (κ3) is 3.43. The number of ketones is 1. The Balaban J connectivity index is 3.70. The Labute approximate surface area is 128 Å². The minimum Gasteiger partial charge on any atom is -0.500 e. The van der Waals surface area contributed by atoms with Gasteiger partial charge in [0.2, 0.25) is 5.78 Å². The van der Waals surface area contributed by atoms with Crippen molar-refractivity contribution in [3.63, 3.8) is 0 Å². The predicted molar refractivity (Wildman–Crippen MR) is 72.3 cm³/mol. The Kier molecular flexibility index (Phi) is 5.72. The zero-order valence-corrected chi connectivity index (χ0v) is 12.4. The molecular formula is C14H13F4NO4. The van der Waals surface area contributed by atoms with Crippen molar-refractivity contribution in [3.8, 4) is 0 Å². The van der Waals surface area contributed by atoms with Gasteiger partial charge in [-0.25, -0.2) is 22.4 Å². The van der Waals surface area contributed by atoms with Crippen LogP contribution < -0.4 is 4.90 Å². The minimum atomic E-state index is -2.21. The maximum atomic E-state index is 14.0. The molecule has 0 aliphatic rings. The fourth-order valence-corrected chi connectivity index (χ4v) is 1.75. The van der Waals surface area contributed by atoms with Crippen molar-refractivity contribution >= 4 is 17.4 Å². The smallest absolute Gasteiger partial charge is 0.342 e. The third-order valence-electron chi connectivity index (χ3n) is 2.76. The van der Waals surface area contributed by atoms with E-state index in [2.05, 4.69) is 4.74 Å². The molecular weight excluding hydrogens is 322 g/mol. The number of carboxylic acid groups (broad SMARTS) is 1. The number of nitrogens with zero attached hydrogens (tertiary/aromatic N) is 1. The highest BCUT2D eigenvalue weighted by Gasteiger charge is 2.33. The second-order valence-corrected chi connectivity index (χ2v) is 4.50. The lowest BCUT2D eigenvalue weighted by molar-refractivity contribution is -0.132. The van der Waals surface area contributed by atoms with Crippen molar-refractivity contribution in [1.29, 1.82) is 0 Å². The summed E-state index contributed by atoms with van der Waals surface area (Å²) in [7, 11) is 2.30. The normalized spacial score (nSPS) is 11.3. The standard InChI is InChI=1S/C14H13F4NO4/c1-4-23-5-6(14(21)22)13(20)7-8(15)9(16)10(17)11(18)12(7)19(2)3/h5H,4H2,1-3H3,(H,21,22)/b6-5-. The summed E-state index contributed by atoms with van der Waals surface area (Å²) in [5.41, 5.74) is -3.20. The number of hydrogen-bond donors (Lipinski definition) is 1. The molecule has 0 aliphatic heterocycles. The van der Waals surface area contributed by atoms with Gasteiger partial charge in [0, 0.05) is 14.1 Å². The number of halogens is 4. The fourth-order valence-electron chi connectivity index (χ4n) is 1.75. The summed E-state index contributed by atoms with van der Waals surface area (Å²) in [4.78, 5) is 24.1. The lowest BCUT2D eigenvalue weighted by Crippen LogP contribution is -2.23. The van der Waals surface area contributed by atoms with E-state index < -0.39 is 51.8 Å². The number of carbonyl (C=O) groups is 2. The summed E-state index contributed by atoms with van der Waals surface area (Å²) in [6, 6.07) is 0. The highest BCUT2D eigenvalue weighted by atomic mass is 19.2. The van der Waals surface area contributed by atoms with E-state index in [1.165, 1.54) is 6.92 Å². The second-order valence-electron chi connectivity index (χ2n) is 4.50. The van der Waals surface area contributed by atoms with Gasteiger partial charge in [-0.3, -0.25) is 4.79 Å². The van der Waals surface area contributed by atoms with Gasteiger partial charge in [0.15, 0.2) is 23.3 Å². The topological polar surface area (TPSA) is 66.8 Å². The second kappa shape index (κ2) is 7.12. The number of Topliss-reactive ketones (excluding diaryl/α,β-unsaturated/α-hetero) is 1. The molecule has 0 aliphatic carbocycles. The van der Waals surface area contributed by atoms with Crippen molar-refractivity contribution < 1.29 is 37.0 Å². The van der Waals surface area contributed by atoms with Crippen molar-refractivity contribution in [1.82, 2.24) is 0 Å². The van der Waals surface area contributed by atoms with Crippen molar-refractivity contribution in [2.24, 2.45) is 0 Å². The summed E-state index contributed by atoms with van der Waals surface area (Å²) < 4.78 is 59.2. The summed E-state index contributed by atoms with van der Waals surface area (Å²) in [6.07, 6.45) is 0.530. The van der Waals surface area contributed by atoms with E-state index in [0.717, 1.165) is 19.0 Å². The Morgan fingerprint density at radius 1 is 1.09 bits per heavy atom. The van der Waals surface area contributed by atoms with Gasteiger partial charge in [-0.2, -0.15) is 0 Å². The fraction of sp³-hybridized carbons (Fsp3) is 0.286. The Bertz CT molecular complexity index is 686. The Morgan fingerprint density at radius 3 is 2.04 bits per heavy atom. The summed E-state index contributed by atoms with van der Waals surface area (Å²) in [5, 5.41) is 8.98. The van der Waals surface area contributed by atoms with Crippen LogP contribution in [0.2, 0.25) is 0 Å². The predicted octanol–water partition coefficient (Wildman–Crippen LogP) is 2.50. The zero-order chi connectivity index (χ0) is 17.9. The molecule has 0 bridgehead atoms. The summed E-state index contributed by atoms with van der Waals surface area (Å²) in [6.45, 7) is 1.49. The molecule has 1 N–H and O–H groups in total. The molecule has 0 aromatic heterocycles. The number of anilines is 1. The molecule has 0 spiro atoms. The third-order valence-corrected chi connectivity index (χ3v) is 2.76. The van der Waals surface area contributed by atoms with Crippen molar-refractivity contribution in [2.45, 2.75) is 6.92 Å². The van der Waals surface area contributed by atoms with E-state index in [-0.39, 0.29) is 6.61 Å². The zero-order valence-electron chi connectivity index (χ0n) is 12.4. The molecule has 1 rings (SSSR count). The molecule has 0 radical (unpaired) electrons. The molecule has 0 amide bonds. The van der Waals surface area contributed by atoms with Crippen LogP contribution in [-0.2, 0) is 9.53 Å². The molecule has 0 saturated heterocycles. The highest BCUT2D eigenvalue weighted by molar-refractivity contribution is 6.25. The van der Waals surface area contributed by atoms with E-state index >= 15 is 0 Å². The average Bonchev–Trinajstić information content (AvgIpc) is 2.47. The van der Waals surface area contributed by atoms with Crippen LogP contribution in [0.15, 0.2) is 11.8 Å². The van der Waals surface area contributed by atoms with Crippen LogP contribution in [0, 0.1) is 23.3 Å². The van der Waals surface area contributed by atoms with Crippen LogP contribution in [0.1, 0.15) is 17.3 Å². The number of carbonyl (C=O) groups excluding carboxylic acids is 1. The molecule has 23 heavy (non-hydrogen) atoms. The average molecular weight is 335 g/mol. The van der Waals surface area contributed by atoms with Crippen LogP contribution in [0.25, 0.3) is 0 Å². The summed E-state index contributed by atoms with van der Waals surface area (Å²) >= 11 is 0. The molecule has 5 nitrogen and oxygen atoms in total. The van der Waals surface area contributed by atoms with Crippen LogP contribution >= 0.6 is 0 Å². The molecule has 0 unspecified atom stereocenters. The van der Waals surface area contributed by atoms with Gasteiger partial charge in [0.1, 0.15) is 11.8 Å². The van der Waals surface area contributed by atoms with Gasteiger partial charge in [0.05, 0.1) is 17.9 Å². The van der Waals surface area contributed by atoms with E-state index in [1.54, 1.807) is 0 Å². The largest absolute Gasteiger partial charge is 0.500 e. The van der Waals surface area contributed by atoms with Gasteiger partial charge in [-0.15, -0.1) is 0 Å². The van der Waals surface area contributed by atoms with Crippen molar-refractivity contribution in [2.75, 3.05) is 25.6 Å². The number of benzene rings is 1. The number of rotatable bonds is 6. The highest BCUT2D eigenvalue weighted by Crippen LogP contribution is 2.32. The maximum absolute atomic E-state index is 14.0.